The summed E-state index contributed by atoms with van der Waals surface area (Å²) in [5.41, 5.74) is 2.90. The van der Waals surface area contributed by atoms with E-state index in [0.717, 1.165) is 17.0 Å². The number of hydrogen-bond acceptors (Lipinski definition) is 3. The molecule has 2 heterocycles. The van der Waals surface area contributed by atoms with E-state index in [0.29, 0.717) is 0 Å². The quantitative estimate of drug-likeness (QED) is 0.847. The smallest absolute Gasteiger partial charge is 0.249 e. The average Bonchev–Trinajstić information content (AvgIpc) is 2.51. The Kier molecular flexibility index (Phi) is 7.27. The van der Waals surface area contributed by atoms with Gasteiger partial charge in [-0.05, 0) is 25.0 Å². The zero-order valence-corrected chi connectivity index (χ0v) is 15.6. The second-order valence-corrected chi connectivity index (χ2v) is 6.45. The fourth-order valence-corrected chi connectivity index (χ4v) is 2.58. The van der Waals surface area contributed by atoms with E-state index >= 15 is 0 Å². The van der Waals surface area contributed by atoms with Crippen molar-refractivity contribution in [2.75, 3.05) is 14.1 Å². The molecular formula is C19H31N3O. The molecular weight excluding hydrogens is 286 g/mol. The summed E-state index contributed by atoms with van der Waals surface area (Å²) in [6.45, 7) is 10.5. The van der Waals surface area contributed by atoms with E-state index in [-0.39, 0.29) is 17.9 Å². The van der Waals surface area contributed by atoms with E-state index in [9.17, 15) is 4.79 Å². The van der Waals surface area contributed by atoms with Crippen LogP contribution >= 0.6 is 0 Å². The maximum Gasteiger partial charge on any atom is 0.249 e. The van der Waals surface area contributed by atoms with Crippen LogP contribution in [0.25, 0.3) is 5.70 Å². The second-order valence-electron chi connectivity index (χ2n) is 6.45. The van der Waals surface area contributed by atoms with Gasteiger partial charge in [0.15, 0.2) is 0 Å². The topological polar surface area (TPSA) is 36.4 Å². The Morgan fingerprint density at radius 2 is 1.83 bits per heavy atom. The van der Waals surface area contributed by atoms with Gasteiger partial charge in [-0.3, -0.25) is 9.78 Å². The third kappa shape index (κ3) is 4.81. The molecule has 1 aliphatic heterocycles. The first-order chi connectivity index (χ1) is 10.8. The predicted molar refractivity (Wildman–Crippen MR) is 96.7 cm³/mol. The van der Waals surface area contributed by atoms with E-state index in [1.807, 2.05) is 44.3 Å². The predicted octanol–water partition coefficient (Wildman–Crippen LogP) is 3.92. The van der Waals surface area contributed by atoms with E-state index in [1.54, 1.807) is 11.1 Å². The molecule has 1 aromatic heterocycles. The maximum atomic E-state index is 12.5. The van der Waals surface area contributed by atoms with Crippen molar-refractivity contribution in [2.24, 2.45) is 5.92 Å². The van der Waals surface area contributed by atoms with Crippen LogP contribution in [0, 0.1) is 12.8 Å². The summed E-state index contributed by atoms with van der Waals surface area (Å²) in [5.74, 6) is 0.432. The number of aromatic nitrogens is 1. The third-order valence-electron chi connectivity index (χ3n) is 4.03. The number of amides is 1. The highest BCUT2D eigenvalue weighted by molar-refractivity contribution is 5.92. The molecule has 1 aromatic rings. The summed E-state index contributed by atoms with van der Waals surface area (Å²) in [6, 6.07) is 3.85. The zero-order valence-electron chi connectivity index (χ0n) is 15.6. The van der Waals surface area contributed by atoms with Gasteiger partial charge in [-0.1, -0.05) is 40.5 Å². The van der Waals surface area contributed by atoms with Crippen LogP contribution in [0.5, 0.6) is 0 Å². The summed E-state index contributed by atoms with van der Waals surface area (Å²) in [5, 5.41) is 0. The van der Waals surface area contributed by atoms with Gasteiger partial charge in [0.2, 0.25) is 5.91 Å². The van der Waals surface area contributed by atoms with Gasteiger partial charge in [0.05, 0.1) is 5.70 Å². The Morgan fingerprint density at radius 1 is 1.22 bits per heavy atom. The minimum absolute atomic E-state index is 0.0864. The molecule has 0 aliphatic carbocycles. The van der Waals surface area contributed by atoms with Gasteiger partial charge in [-0.25, -0.2) is 0 Å². The first-order valence-electron chi connectivity index (χ1n) is 8.47. The molecule has 0 fully saturated rings. The van der Waals surface area contributed by atoms with Gasteiger partial charge in [-0.15, -0.1) is 0 Å². The van der Waals surface area contributed by atoms with Crippen molar-refractivity contribution >= 4 is 11.6 Å². The number of pyridine rings is 1. The van der Waals surface area contributed by atoms with E-state index < -0.39 is 0 Å². The molecule has 0 saturated carbocycles. The number of carbonyl (C=O) groups excluding carboxylic acids is 1. The van der Waals surface area contributed by atoms with Gasteiger partial charge >= 0.3 is 0 Å². The van der Waals surface area contributed by atoms with E-state index in [1.165, 1.54) is 12.8 Å². The molecule has 0 aromatic carbocycles. The van der Waals surface area contributed by atoms with Crippen LogP contribution in [-0.2, 0) is 4.79 Å². The number of unbranched alkanes of at least 4 members (excludes halogenated alkanes) is 1. The first kappa shape index (κ1) is 19.2. The minimum Gasteiger partial charge on any atom is -0.367 e. The van der Waals surface area contributed by atoms with Crippen LogP contribution in [0.15, 0.2) is 24.5 Å². The minimum atomic E-state index is -0.0864. The van der Waals surface area contributed by atoms with Crippen molar-refractivity contribution in [1.82, 2.24) is 14.8 Å². The van der Waals surface area contributed by atoms with Crippen molar-refractivity contribution in [3.8, 4) is 0 Å². The number of nitrogens with zero attached hydrogens (tertiary/aromatic N) is 3. The Bertz CT molecular complexity index is 549. The lowest BCUT2D eigenvalue weighted by molar-refractivity contribution is -0.133. The fraction of sp³-hybridized carbons (Fsp3) is 0.579. The number of aryl methyl sites for hydroxylation is 1. The van der Waals surface area contributed by atoms with Gasteiger partial charge in [0.1, 0.15) is 6.04 Å². The van der Waals surface area contributed by atoms with Gasteiger partial charge in [0.25, 0.3) is 0 Å². The molecule has 0 spiro atoms. The average molecular weight is 317 g/mol. The molecule has 1 unspecified atom stereocenters. The van der Waals surface area contributed by atoms with E-state index in [2.05, 4.69) is 32.7 Å². The fourth-order valence-electron chi connectivity index (χ4n) is 2.58. The lowest BCUT2D eigenvalue weighted by atomic mass is 9.98. The lowest BCUT2D eigenvalue weighted by Gasteiger charge is -2.39. The monoisotopic (exact) mass is 317 g/mol. The highest BCUT2D eigenvalue weighted by Crippen LogP contribution is 2.27. The highest BCUT2D eigenvalue weighted by Gasteiger charge is 2.33. The molecule has 0 N–H and O–H groups in total. The van der Waals surface area contributed by atoms with Gasteiger partial charge in [0, 0.05) is 37.7 Å². The maximum absolute atomic E-state index is 12.5. The molecule has 4 heteroatoms. The summed E-state index contributed by atoms with van der Waals surface area (Å²) in [6.07, 6.45) is 6.46. The number of rotatable bonds is 3. The van der Waals surface area contributed by atoms with Crippen LogP contribution < -0.4 is 0 Å². The molecule has 1 atom stereocenters. The van der Waals surface area contributed by atoms with Crippen LogP contribution in [-0.4, -0.2) is 40.8 Å². The normalized spacial score (nSPS) is 17.8. The van der Waals surface area contributed by atoms with Crippen molar-refractivity contribution in [2.45, 2.75) is 53.5 Å². The molecule has 0 radical (unpaired) electrons. The molecule has 128 valence electrons. The van der Waals surface area contributed by atoms with Crippen molar-refractivity contribution in [1.29, 1.82) is 0 Å². The van der Waals surface area contributed by atoms with Crippen molar-refractivity contribution in [3.63, 3.8) is 0 Å². The number of likely N-dealkylation sites (N-methyl/N-ethyl adjacent to an activating group) is 2. The molecule has 23 heavy (non-hydrogen) atoms. The Balaban J connectivity index is 0.000000593. The summed E-state index contributed by atoms with van der Waals surface area (Å²) >= 11 is 0. The standard InChI is InChI=1S/C15H21N3O.C4H10/c1-10(2)14-15(19)18(5)13(9-17(14)4)12-6-7-16-11(3)8-12;1-3-4-2/h6-10,14H,1-5H3;3-4H2,1-2H3. The highest BCUT2D eigenvalue weighted by atomic mass is 16.2. The van der Waals surface area contributed by atoms with Gasteiger partial charge in [-0.2, -0.15) is 0 Å². The van der Waals surface area contributed by atoms with Gasteiger partial charge < -0.3 is 9.80 Å². The zero-order chi connectivity index (χ0) is 17.6. The second kappa shape index (κ2) is 8.70. The van der Waals surface area contributed by atoms with Crippen molar-refractivity contribution in [3.05, 3.63) is 35.8 Å². The molecule has 0 saturated heterocycles. The van der Waals surface area contributed by atoms with Crippen LogP contribution in [0.2, 0.25) is 0 Å². The Morgan fingerprint density at radius 3 is 2.30 bits per heavy atom. The Hall–Kier alpha value is -1.84. The molecule has 1 aliphatic rings. The van der Waals surface area contributed by atoms with Crippen molar-refractivity contribution < 1.29 is 4.79 Å². The third-order valence-corrected chi connectivity index (χ3v) is 4.03. The summed E-state index contributed by atoms with van der Waals surface area (Å²) < 4.78 is 0. The number of carbonyl (C=O) groups is 1. The number of hydrogen-bond donors (Lipinski definition) is 0. The Labute approximate surface area is 141 Å². The van der Waals surface area contributed by atoms with Crippen LogP contribution in [0.3, 0.4) is 0 Å². The van der Waals surface area contributed by atoms with E-state index in [4.69, 9.17) is 0 Å². The van der Waals surface area contributed by atoms with Crippen LogP contribution in [0.4, 0.5) is 0 Å². The molecule has 0 bridgehead atoms. The SMILES string of the molecule is CCCC.Cc1cc(C2=CN(C)C(C(C)C)C(=O)N2C)ccn1. The summed E-state index contributed by atoms with van der Waals surface area (Å²) in [7, 11) is 3.80. The molecule has 2 rings (SSSR count). The largest absolute Gasteiger partial charge is 0.367 e. The molecule has 1 amide bonds. The first-order valence-corrected chi connectivity index (χ1v) is 8.47. The molecule has 4 nitrogen and oxygen atoms in total. The lowest BCUT2D eigenvalue weighted by Crippen LogP contribution is -2.50. The summed E-state index contributed by atoms with van der Waals surface area (Å²) in [4.78, 5) is 20.4. The van der Waals surface area contributed by atoms with Crippen LogP contribution in [0.1, 0.15) is 51.8 Å².